The average Bonchev–Trinajstić information content (AvgIpc) is 3.22. The minimum Gasteiger partial charge on any atom is -0.392 e. The molecule has 0 saturated heterocycles. The second-order valence-electron chi connectivity index (χ2n) is 9.46. The SMILES string of the molecule is COCC(=O)N[C@H]1CC[C@@]2(C)CC[C@@H]([C@H](C)C(=O)NCc3cccs3)[C@H](O)[C@H]2[C@H]1C. The van der Waals surface area contributed by atoms with E-state index in [0.717, 1.165) is 30.6 Å². The molecular weight excluding hydrogens is 400 g/mol. The largest absolute Gasteiger partial charge is 0.392 e. The lowest BCUT2D eigenvalue weighted by atomic mass is 9.51. The molecule has 2 fully saturated rings. The predicted molar refractivity (Wildman–Crippen MR) is 118 cm³/mol. The van der Waals surface area contributed by atoms with Gasteiger partial charge in [0.05, 0.1) is 12.6 Å². The number of amides is 2. The van der Waals surface area contributed by atoms with Crippen LogP contribution in [0.15, 0.2) is 17.5 Å². The van der Waals surface area contributed by atoms with Crippen molar-refractivity contribution < 1.29 is 19.4 Å². The first-order chi connectivity index (χ1) is 14.3. The Hall–Kier alpha value is -1.44. The summed E-state index contributed by atoms with van der Waals surface area (Å²) < 4.78 is 4.95. The van der Waals surface area contributed by atoms with Gasteiger partial charge in [-0.3, -0.25) is 9.59 Å². The van der Waals surface area contributed by atoms with Crippen LogP contribution in [0, 0.1) is 29.1 Å². The quantitative estimate of drug-likeness (QED) is 0.613. The molecule has 2 aliphatic carbocycles. The summed E-state index contributed by atoms with van der Waals surface area (Å²) in [6.07, 6.45) is 3.20. The molecule has 3 N–H and O–H groups in total. The smallest absolute Gasteiger partial charge is 0.246 e. The van der Waals surface area contributed by atoms with Crippen LogP contribution in [-0.2, 0) is 20.9 Å². The van der Waals surface area contributed by atoms with Crippen LogP contribution in [0.5, 0.6) is 0 Å². The maximum Gasteiger partial charge on any atom is 0.246 e. The number of carbonyl (C=O) groups is 2. The number of carbonyl (C=O) groups excluding carboxylic acids is 2. The highest BCUT2D eigenvalue weighted by atomic mass is 32.1. The normalized spacial score (nSPS) is 34.6. The van der Waals surface area contributed by atoms with Crippen molar-refractivity contribution in [1.29, 1.82) is 0 Å². The second-order valence-corrected chi connectivity index (χ2v) is 10.5. The zero-order chi connectivity index (χ0) is 21.9. The zero-order valence-electron chi connectivity index (χ0n) is 18.5. The summed E-state index contributed by atoms with van der Waals surface area (Å²) in [5.74, 6) is -0.220. The van der Waals surface area contributed by atoms with Gasteiger partial charge in [0.1, 0.15) is 6.61 Å². The number of fused-ring (bicyclic) bond motifs is 1. The lowest BCUT2D eigenvalue weighted by Crippen LogP contribution is -2.58. The van der Waals surface area contributed by atoms with E-state index in [1.54, 1.807) is 11.3 Å². The summed E-state index contributed by atoms with van der Waals surface area (Å²) in [5.41, 5.74) is 0.0466. The molecule has 2 saturated carbocycles. The maximum atomic E-state index is 12.8. The fraction of sp³-hybridized carbons (Fsp3) is 0.739. The van der Waals surface area contributed by atoms with Crippen LogP contribution in [0.3, 0.4) is 0 Å². The Balaban J connectivity index is 1.66. The van der Waals surface area contributed by atoms with Gasteiger partial charge in [-0.25, -0.2) is 0 Å². The highest BCUT2D eigenvalue weighted by molar-refractivity contribution is 7.09. The molecule has 168 valence electrons. The Morgan fingerprint density at radius 2 is 2.10 bits per heavy atom. The van der Waals surface area contributed by atoms with Crippen molar-refractivity contribution >= 4 is 23.2 Å². The highest BCUT2D eigenvalue weighted by Crippen LogP contribution is 2.55. The van der Waals surface area contributed by atoms with Crippen molar-refractivity contribution in [2.24, 2.45) is 29.1 Å². The predicted octanol–water partition coefficient (Wildman–Crippen LogP) is 2.95. The molecule has 0 bridgehead atoms. The number of thiophene rings is 1. The van der Waals surface area contributed by atoms with Gasteiger partial charge in [-0.15, -0.1) is 11.3 Å². The van der Waals surface area contributed by atoms with Gasteiger partial charge in [-0.1, -0.05) is 26.8 Å². The van der Waals surface area contributed by atoms with E-state index in [4.69, 9.17) is 4.74 Å². The van der Waals surface area contributed by atoms with E-state index in [-0.39, 0.29) is 53.5 Å². The van der Waals surface area contributed by atoms with Gasteiger partial charge in [0, 0.05) is 23.9 Å². The Morgan fingerprint density at radius 3 is 2.77 bits per heavy atom. The molecule has 1 aromatic rings. The average molecular weight is 437 g/mol. The van der Waals surface area contributed by atoms with Crippen LogP contribution in [0.25, 0.3) is 0 Å². The van der Waals surface area contributed by atoms with E-state index < -0.39 is 6.10 Å². The molecular formula is C23H36N2O4S. The van der Waals surface area contributed by atoms with Crippen LogP contribution in [0.2, 0.25) is 0 Å². The van der Waals surface area contributed by atoms with E-state index in [2.05, 4.69) is 24.5 Å². The van der Waals surface area contributed by atoms with Crippen LogP contribution < -0.4 is 10.6 Å². The summed E-state index contributed by atoms with van der Waals surface area (Å²) >= 11 is 1.63. The van der Waals surface area contributed by atoms with E-state index in [1.165, 1.54) is 7.11 Å². The minimum absolute atomic E-state index is 0.00413. The molecule has 7 atom stereocenters. The van der Waals surface area contributed by atoms with Crippen LogP contribution in [0.4, 0.5) is 0 Å². The maximum absolute atomic E-state index is 12.8. The Bertz CT molecular complexity index is 725. The zero-order valence-corrected chi connectivity index (χ0v) is 19.3. The van der Waals surface area contributed by atoms with Crippen molar-refractivity contribution in [2.45, 2.75) is 65.1 Å². The minimum atomic E-state index is -0.552. The van der Waals surface area contributed by atoms with Crippen molar-refractivity contribution in [1.82, 2.24) is 10.6 Å². The highest BCUT2D eigenvalue weighted by Gasteiger charge is 2.53. The van der Waals surface area contributed by atoms with Gasteiger partial charge in [0.15, 0.2) is 0 Å². The topological polar surface area (TPSA) is 87.7 Å². The molecule has 7 heteroatoms. The van der Waals surface area contributed by atoms with Gasteiger partial charge in [0.25, 0.3) is 0 Å². The third kappa shape index (κ3) is 4.89. The Morgan fingerprint density at radius 1 is 1.37 bits per heavy atom. The number of nitrogens with one attached hydrogen (secondary N) is 2. The molecule has 2 amide bonds. The first-order valence-corrected chi connectivity index (χ1v) is 11.9. The monoisotopic (exact) mass is 436 g/mol. The molecule has 3 rings (SSSR count). The van der Waals surface area contributed by atoms with Crippen LogP contribution in [0.1, 0.15) is 51.3 Å². The summed E-state index contributed by atoms with van der Waals surface area (Å²) in [6.45, 7) is 6.92. The fourth-order valence-corrected chi connectivity index (χ4v) is 6.46. The van der Waals surface area contributed by atoms with E-state index >= 15 is 0 Å². The molecule has 1 aromatic heterocycles. The molecule has 0 aromatic carbocycles. The summed E-state index contributed by atoms with van der Waals surface area (Å²) in [7, 11) is 1.52. The second kappa shape index (κ2) is 9.79. The van der Waals surface area contributed by atoms with Gasteiger partial charge in [-0.05, 0) is 60.3 Å². The number of hydrogen-bond donors (Lipinski definition) is 3. The number of aliphatic hydroxyl groups excluding tert-OH is 1. The van der Waals surface area contributed by atoms with Crippen molar-refractivity contribution in [3.63, 3.8) is 0 Å². The van der Waals surface area contributed by atoms with Crippen molar-refractivity contribution in [3.8, 4) is 0 Å². The van der Waals surface area contributed by atoms with Gasteiger partial charge in [-0.2, -0.15) is 0 Å². The summed E-state index contributed by atoms with van der Waals surface area (Å²) in [5, 5.41) is 19.5. The van der Waals surface area contributed by atoms with E-state index in [1.807, 2.05) is 24.4 Å². The first-order valence-electron chi connectivity index (χ1n) is 11.0. The van der Waals surface area contributed by atoms with Gasteiger partial charge in [0.2, 0.25) is 11.8 Å². The van der Waals surface area contributed by atoms with Gasteiger partial charge < -0.3 is 20.5 Å². The third-order valence-electron chi connectivity index (χ3n) is 7.58. The van der Waals surface area contributed by atoms with E-state index in [9.17, 15) is 14.7 Å². The van der Waals surface area contributed by atoms with Crippen LogP contribution >= 0.6 is 11.3 Å². The van der Waals surface area contributed by atoms with Crippen molar-refractivity contribution in [3.05, 3.63) is 22.4 Å². The van der Waals surface area contributed by atoms with Crippen LogP contribution in [-0.4, -0.2) is 42.8 Å². The lowest BCUT2D eigenvalue weighted by Gasteiger charge is -2.56. The molecule has 0 radical (unpaired) electrons. The molecule has 30 heavy (non-hydrogen) atoms. The summed E-state index contributed by atoms with van der Waals surface area (Å²) in [4.78, 5) is 26.0. The first kappa shape index (κ1) is 23.2. The Kier molecular flexibility index (Phi) is 7.58. The molecule has 0 unspecified atom stereocenters. The van der Waals surface area contributed by atoms with Crippen molar-refractivity contribution in [2.75, 3.05) is 13.7 Å². The molecule has 1 heterocycles. The fourth-order valence-electron chi connectivity index (χ4n) is 5.82. The van der Waals surface area contributed by atoms with E-state index in [0.29, 0.717) is 6.54 Å². The molecule has 2 aliphatic rings. The number of aliphatic hydroxyl groups is 1. The molecule has 0 aliphatic heterocycles. The standard InChI is InChI=1S/C23H36N2O4S/c1-14(22(28)24-12-16-6-5-11-30-16)17-7-9-23(3)10-8-18(25-19(26)13-29-4)15(2)20(23)21(17)27/h5-6,11,14-15,17-18,20-21,27H,7-10,12-13H2,1-4H3,(H,24,28)(H,25,26)/t14-,15-,17-,18-,20+,21-,23+/m0/s1. The number of rotatable bonds is 7. The van der Waals surface area contributed by atoms with Gasteiger partial charge >= 0.3 is 0 Å². The number of methoxy groups -OCH3 is 1. The number of ether oxygens (including phenoxy) is 1. The third-order valence-corrected chi connectivity index (χ3v) is 8.46. The number of hydrogen-bond acceptors (Lipinski definition) is 5. The Labute approximate surface area is 183 Å². The lowest BCUT2D eigenvalue weighted by molar-refractivity contribution is -0.144. The molecule has 0 spiro atoms. The summed E-state index contributed by atoms with van der Waals surface area (Å²) in [6, 6.07) is 4.02. The molecule has 6 nitrogen and oxygen atoms in total.